The van der Waals surface area contributed by atoms with Crippen molar-refractivity contribution in [1.29, 1.82) is 10.8 Å². The van der Waals surface area contributed by atoms with Gasteiger partial charge in [-0.25, -0.2) is 18.7 Å². The Bertz CT molecular complexity index is 919. The van der Waals surface area contributed by atoms with E-state index in [4.69, 9.17) is 30.2 Å². The molecule has 1 rings (SSSR count). The molecule has 6 N–H and O–H groups in total. The Hall–Kier alpha value is -1.08. The first kappa shape index (κ1) is 30.0. The fourth-order valence-corrected chi connectivity index (χ4v) is 5.88. The molecule has 0 amide bonds. The molecule has 190 valence electrons. The van der Waals surface area contributed by atoms with Crippen LogP contribution in [-0.2, 0) is 31.6 Å². The number of phosphoric acid groups is 3. The van der Waals surface area contributed by atoms with Crippen molar-refractivity contribution in [1.82, 2.24) is 4.90 Å². The number of nitrogens with one attached hydrogen (secondary N) is 2. The van der Waals surface area contributed by atoms with Crippen LogP contribution in [0.15, 0.2) is 16.4 Å². The zero-order valence-electron chi connectivity index (χ0n) is 18.2. The molecule has 33 heavy (non-hydrogen) atoms. The maximum atomic E-state index is 11.8. The third-order valence-corrected chi connectivity index (χ3v) is 8.02. The average molecular weight is 534 g/mol. The van der Waals surface area contributed by atoms with Gasteiger partial charge in [-0.1, -0.05) is 0 Å². The number of allylic oxidation sites excluding steroid dienone is 1. The van der Waals surface area contributed by atoms with Crippen molar-refractivity contribution in [2.24, 2.45) is 4.99 Å². The van der Waals surface area contributed by atoms with Gasteiger partial charge in [-0.05, 0) is 33.6 Å². The van der Waals surface area contributed by atoms with Crippen molar-refractivity contribution in [3.8, 4) is 0 Å². The van der Waals surface area contributed by atoms with E-state index < -0.39 is 36.2 Å². The van der Waals surface area contributed by atoms with E-state index in [1.165, 1.54) is 6.21 Å². The van der Waals surface area contributed by atoms with Gasteiger partial charge >= 0.3 is 23.5 Å². The summed E-state index contributed by atoms with van der Waals surface area (Å²) < 4.78 is 51.5. The number of hydrogen-bond donors (Lipinski definition) is 6. The van der Waals surface area contributed by atoms with Crippen LogP contribution in [0, 0.1) is 10.8 Å². The predicted octanol–water partition coefficient (Wildman–Crippen LogP) is 2.19. The van der Waals surface area contributed by atoms with Crippen LogP contribution in [0.5, 0.6) is 0 Å². The van der Waals surface area contributed by atoms with Gasteiger partial charge in [0.1, 0.15) is 5.82 Å². The van der Waals surface area contributed by atoms with Crippen LogP contribution in [0.1, 0.15) is 33.6 Å². The van der Waals surface area contributed by atoms with Crippen molar-refractivity contribution >= 4 is 41.6 Å². The molecule has 0 aromatic heterocycles. The molecule has 1 heterocycles. The van der Waals surface area contributed by atoms with Gasteiger partial charge in [0, 0.05) is 30.3 Å². The minimum absolute atomic E-state index is 0.212. The summed E-state index contributed by atoms with van der Waals surface area (Å²) in [5, 5.41) is 15.3. The second-order valence-corrected chi connectivity index (χ2v) is 11.3. The van der Waals surface area contributed by atoms with E-state index in [-0.39, 0.29) is 12.6 Å². The lowest BCUT2D eigenvalue weighted by atomic mass is 10.1. The zero-order chi connectivity index (χ0) is 25.4. The van der Waals surface area contributed by atoms with E-state index in [9.17, 15) is 18.6 Å². The van der Waals surface area contributed by atoms with Crippen LogP contribution in [-0.4, -0.2) is 74.5 Å². The van der Waals surface area contributed by atoms with E-state index in [1.807, 2.05) is 0 Å². The van der Waals surface area contributed by atoms with Gasteiger partial charge in [0.05, 0.1) is 25.4 Å². The highest BCUT2D eigenvalue weighted by Gasteiger charge is 2.41. The quantitative estimate of drug-likeness (QED) is 0.139. The first-order valence-corrected chi connectivity index (χ1v) is 14.0. The molecule has 0 spiro atoms. The van der Waals surface area contributed by atoms with Crippen molar-refractivity contribution < 1.29 is 51.2 Å². The molecule has 1 saturated heterocycles. The number of aliphatic imine (C=N–C) groups is 1. The Morgan fingerprint density at radius 2 is 1.73 bits per heavy atom. The second kappa shape index (κ2) is 12.6. The fraction of sp³-hybridized carbons (Fsp3) is 0.667. The summed E-state index contributed by atoms with van der Waals surface area (Å²) in [4.78, 5) is 41.8. The molecule has 4 atom stereocenters. The Kier molecular flexibility index (Phi) is 11.4. The maximum absolute atomic E-state index is 11.8. The molecule has 1 aliphatic heterocycles. The molecule has 15 nitrogen and oxygen atoms in total. The van der Waals surface area contributed by atoms with Gasteiger partial charge < -0.3 is 40.0 Å². The minimum atomic E-state index is -5.58. The van der Waals surface area contributed by atoms with Gasteiger partial charge in [-0.3, -0.25) is 4.52 Å². The van der Waals surface area contributed by atoms with Gasteiger partial charge in [0.15, 0.2) is 0 Å². The Labute approximate surface area is 190 Å². The van der Waals surface area contributed by atoms with Gasteiger partial charge in [-0.15, -0.1) is 0 Å². The average Bonchev–Trinajstić information content (AvgIpc) is 3.08. The maximum Gasteiger partial charge on any atom is 0.490 e. The van der Waals surface area contributed by atoms with E-state index in [0.717, 1.165) is 0 Å². The fourth-order valence-electron chi connectivity index (χ4n) is 2.83. The molecule has 18 heteroatoms. The standard InChI is InChI=1S/C15H29N4O11P3/c1-4-18-15(11(2)12(3)17)19(8-7-16)9-13-5-6-14(28-13)10-27-32(23,24)30-33(25,26)29-31(20,21)22/h4,7,13-14,16-17H,5-6,8-10H2,1-3H3,(H,23,24)(H,25,26)(H2,20,21,22)/b15-11+,16-7?,17-12?,18-4-/t13-,14?/m1/s1. The molecule has 0 aliphatic carbocycles. The number of ether oxygens (including phenoxy) is 1. The topological polar surface area (TPSA) is 232 Å². The van der Waals surface area contributed by atoms with Gasteiger partial charge in [0.2, 0.25) is 0 Å². The second-order valence-electron chi connectivity index (χ2n) is 6.91. The third-order valence-electron chi connectivity index (χ3n) is 4.22. The van der Waals surface area contributed by atoms with Crippen LogP contribution in [0.4, 0.5) is 0 Å². The van der Waals surface area contributed by atoms with E-state index in [0.29, 0.717) is 36.5 Å². The summed E-state index contributed by atoms with van der Waals surface area (Å²) in [6.07, 6.45) is 2.61. The first-order chi connectivity index (χ1) is 15.1. The molecular weight excluding hydrogens is 505 g/mol. The molecule has 0 radical (unpaired) electrons. The molecular formula is C15H29N4O11P3. The minimum Gasteiger partial charge on any atom is -0.371 e. The molecule has 0 aromatic rings. The SMILES string of the molecule is C/C=N\C(=C(\C)C(C)=N)N(CC=N)C[C@H]1CCC(COP(=O)(O)OP(=O)(O)OP(=O)(O)O)O1. The Morgan fingerprint density at radius 3 is 2.24 bits per heavy atom. The highest BCUT2D eigenvalue weighted by molar-refractivity contribution is 7.66. The van der Waals surface area contributed by atoms with Crippen LogP contribution >= 0.6 is 23.5 Å². The highest BCUT2D eigenvalue weighted by atomic mass is 31.3. The molecule has 0 bridgehead atoms. The summed E-state index contributed by atoms with van der Waals surface area (Å²) >= 11 is 0. The molecule has 1 aliphatic rings. The molecule has 3 unspecified atom stereocenters. The summed E-state index contributed by atoms with van der Waals surface area (Å²) in [6, 6.07) is 0. The largest absolute Gasteiger partial charge is 0.490 e. The summed E-state index contributed by atoms with van der Waals surface area (Å²) in [5.41, 5.74) is 0.934. The summed E-state index contributed by atoms with van der Waals surface area (Å²) in [6.45, 7) is 5.08. The van der Waals surface area contributed by atoms with Gasteiger partial charge in [0.25, 0.3) is 0 Å². The highest BCUT2D eigenvalue weighted by Crippen LogP contribution is 2.66. The third kappa shape index (κ3) is 11.3. The lowest BCUT2D eigenvalue weighted by molar-refractivity contribution is 0.00152. The lowest BCUT2D eigenvalue weighted by Gasteiger charge is -2.28. The van der Waals surface area contributed by atoms with Crippen molar-refractivity contribution in [2.45, 2.75) is 45.8 Å². The first-order valence-electron chi connectivity index (χ1n) is 9.52. The number of rotatable bonds is 14. The monoisotopic (exact) mass is 534 g/mol. The number of phosphoric ester groups is 1. The van der Waals surface area contributed by atoms with Crippen LogP contribution in [0.2, 0.25) is 0 Å². The van der Waals surface area contributed by atoms with Crippen LogP contribution in [0.25, 0.3) is 0 Å². The van der Waals surface area contributed by atoms with E-state index in [2.05, 4.69) is 18.1 Å². The Balaban J connectivity index is 2.75. The lowest BCUT2D eigenvalue weighted by Crippen LogP contribution is -2.34. The van der Waals surface area contributed by atoms with Crippen molar-refractivity contribution in [2.75, 3.05) is 19.7 Å². The van der Waals surface area contributed by atoms with Crippen LogP contribution in [0.3, 0.4) is 0 Å². The molecule has 0 saturated carbocycles. The van der Waals surface area contributed by atoms with Crippen LogP contribution < -0.4 is 0 Å². The predicted molar refractivity (Wildman–Crippen MR) is 118 cm³/mol. The summed E-state index contributed by atoms with van der Waals surface area (Å²) in [7, 11) is -16.3. The van der Waals surface area contributed by atoms with Gasteiger partial charge in [-0.2, -0.15) is 8.62 Å². The summed E-state index contributed by atoms with van der Waals surface area (Å²) in [5.74, 6) is 0.508. The van der Waals surface area contributed by atoms with E-state index >= 15 is 0 Å². The van der Waals surface area contributed by atoms with Crippen molar-refractivity contribution in [3.63, 3.8) is 0 Å². The zero-order valence-corrected chi connectivity index (χ0v) is 20.9. The number of hydrogen-bond acceptors (Lipinski definition) is 11. The van der Waals surface area contributed by atoms with Crippen molar-refractivity contribution in [3.05, 3.63) is 11.4 Å². The normalized spacial score (nSPS) is 23.6. The van der Waals surface area contributed by atoms with E-state index in [1.54, 1.807) is 31.9 Å². The molecule has 1 fully saturated rings. The smallest absolute Gasteiger partial charge is 0.371 e. The molecule has 0 aromatic carbocycles. The number of nitrogens with zero attached hydrogens (tertiary/aromatic N) is 2. The Morgan fingerprint density at radius 1 is 1.12 bits per heavy atom.